The third kappa shape index (κ3) is 2.69. The molecule has 1 aromatic heterocycles. The van der Waals surface area contributed by atoms with Gasteiger partial charge in [-0.2, -0.15) is 0 Å². The Morgan fingerprint density at radius 2 is 2.00 bits per heavy atom. The molecule has 0 aliphatic carbocycles. The lowest BCUT2D eigenvalue weighted by molar-refractivity contribution is 0.0378. The van der Waals surface area contributed by atoms with E-state index in [-0.39, 0.29) is 12.1 Å². The first-order chi connectivity index (χ1) is 8.16. The minimum absolute atomic E-state index is 0.127. The number of carbonyl (C=O) groups excluding carboxylic acids is 1. The number of rotatable bonds is 3. The van der Waals surface area contributed by atoms with Gasteiger partial charge in [0.15, 0.2) is 0 Å². The number of hydrogen-bond acceptors (Lipinski definition) is 5. The average molecular weight is 232 g/mol. The fraction of sp³-hybridized carbons (Fsp3) is 0.250. The summed E-state index contributed by atoms with van der Waals surface area (Å²) in [5.74, 6) is 0.0888. The maximum Gasteiger partial charge on any atom is 0.338 e. The van der Waals surface area contributed by atoms with E-state index in [2.05, 4.69) is 10.2 Å². The summed E-state index contributed by atoms with van der Waals surface area (Å²) in [6.45, 7) is 3.62. The molecule has 17 heavy (non-hydrogen) atoms. The molecule has 0 unspecified atom stereocenters. The van der Waals surface area contributed by atoms with Crippen molar-refractivity contribution in [2.75, 3.05) is 0 Å². The highest BCUT2D eigenvalue weighted by molar-refractivity contribution is 5.90. The summed E-state index contributed by atoms with van der Waals surface area (Å²) in [4.78, 5) is 11.6. The molecule has 0 radical (unpaired) electrons. The van der Waals surface area contributed by atoms with Gasteiger partial charge in [0.05, 0.1) is 11.7 Å². The lowest BCUT2D eigenvalue weighted by Gasteiger charge is -2.07. The van der Waals surface area contributed by atoms with Gasteiger partial charge in [0.1, 0.15) is 0 Å². The number of aromatic nitrogens is 2. The fourth-order valence-electron chi connectivity index (χ4n) is 1.33. The van der Waals surface area contributed by atoms with Crippen molar-refractivity contribution in [3.63, 3.8) is 0 Å². The molecule has 0 atom stereocenters. The second-order valence-corrected chi connectivity index (χ2v) is 3.78. The van der Waals surface area contributed by atoms with Crippen molar-refractivity contribution in [2.24, 2.45) is 0 Å². The van der Waals surface area contributed by atoms with Gasteiger partial charge in [-0.1, -0.05) is 0 Å². The molecule has 1 aromatic carbocycles. The van der Waals surface area contributed by atoms with E-state index in [9.17, 15) is 4.79 Å². The quantitative estimate of drug-likeness (QED) is 0.759. The van der Waals surface area contributed by atoms with E-state index in [0.29, 0.717) is 11.5 Å². The van der Waals surface area contributed by atoms with Crippen LogP contribution in [0.15, 0.2) is 35.1 Å². The predicted octanol–water partition coefficient (Wildman–Crippen LogP) is 2.30. The second-order valence-electron chi connectivity index (χ2n) is 3.78. The number of hydrogen-bond donors (Lipinski definition) is 0. The maximum absolute atomic E-state index is 11.6. The molecule has 0 aliphatic rings. The summed E-state index contributed by atoms with van der Waals surface area (Å²) < 4.78 is 10.1. The van der Waals surface area contributed by atoms with Gasteiger partial charge < -0.3 is 9.15 Å². The Balaban J connectivity index is 2.16. The molecule has 0 amide bonds. The molecule has 2 aromatic rings. The molecule has 0 bridgehead atoms. The Hall–Kier alpha value is -2.17. The molecule has 0 aliphatic heterocycles. The largest absolute Gasteiger partial charge is 0.459 e. The summed E-state index contributed by atoms with van der Waals surface area (Å²) in [7, 11) is 0. The molecule has 0 saturated carbocycles. The van der Waals surface area contributed by atoms with Crippen LogP contribution >= 0.6 is 0 Å². The Labute approximate surface area is 98.4 Å². The van der Waals surface area contributed by atoms with E-state index < -0.39 is 0 Å². The zero-order chi connectivity index (χ0) is 12.3. The second kappa shape index (κ2) is 4.78. The van der Waals surface area contributed by atoms with Gasteiger partial charge in [0, 0.05) is 5.56 Å². The van der Waals surface area contributed by atoms with Crippen molar-refractivity contribution >= 4 is 5.97 Å². The van der Waals surface area contributed by atoms with Gasteiger partial charge in [-0.25, -0.2) is 4.79 Å². The molecule has 88 valence electrons. The minimum atomic E-state index is -0.336. The third-order valence-electron chi connectivity index (χ3n) is 2.07. The van der Waals surface area contributed by atoms with Crippen LogP contribution in [0.2, 0.25) is 0 Å². The average Bonchev–Trinajstić information content (AvgIpc) is 2.82. The van der Waals surface area contributed by atoms with E-state index in [1.54, 1.807) is 24.3 Å². The third-order valence-corrected chi connectivity index (χ3v) is 2.07. The van der Waals surface area contributed by atoms with E-state index in [1.807, 2.05) is 13.8 Å². The van der Waals surface area contributed by atoms with Gasteiger partial charge in [0.25, 0.3) is 0 Å². The first-order valence-electron chi connectivity index (χ1n) is 5.24. The maximum atomic E-state index is 11.6. The SMILES string of the molecule is CC(C)OC(=O)c1ccc(-c2nnco2)cc1. The number of nitrogens with zero attached hydrogens (tertiary/aromatic N) is 2. The molecule has 0 fully saturated rings. The topological polar surface area (TPSA) is 65.2 Å². The highest BCUT2D eigenvalue weighted by atomic mass is 16.5. The van der Waals surface area contributed by atoms with Crippen LogP contribution in [0.4, 0.5) is 0 Å². The molecular formula is C12H12N2O3. The lowest BCUT2D eigenvalue weighted by atomic mass is 10.1. The first-order valence-corrected chi connectivity index (χ1v) is 5.24. The van der Waals surface area contributed by atoms with Crippen molar-refractivity contribution in [1.29, 1.82) is 0 Å². The van der Waals surface area contributed by atoms with Crippen molar-refractivity contribution in [3.05, 3.63) is 36.2 Å². The van der Waals surface area contributed by atoms with Crippen LogP contribution in [0.1, 0.15) is 24.2 Å². The summed E-state index contributed by atoms with van der Waals surface area (Å²) in [5.41, 5.74) is 1.27. The van der Waals surface area contributed by atoms with Crippen molar-refractivity contribution in [1.82, 2.24) is 10.2 Å². The van der Waals surface area contributed by atoms with Crippen LogP contribution in [0.25, 0.3) is 11.5 Å². The van der Waals surface area contributed by atoms with Gasteiger partial charge in [0.2, 0.25) is 12.3 Å². The molecular weight excluding hydrogens is 220 g/mol. The Bertz CT molecular complexity index is 489. The van der Waals surface area contributed by atoms with Crippen molar-refractivity contribution in [2.45, 2.75) is 20.0 Å². The van der Waals surface area contributed by atoms with Gasteiger partial charge in [-0.3, -0.25) is 0 Å². The molecule has 2 rings (SSSR count). The smallest absolute Gasteiger partial charge is 0.338 e. The molecule has 0 N–H and O–H groups in total. The summed E-state index contributed by atoms with van der Waals surface area (Å²) in [6, 6.07) is 6.82. The van der Waals surface area contributed by atoms with E-state index in [4.69, 9.17) is 9.15 Å². The van der Waals surface area contributed by atoms with E-state index >= 15 is 0 Å². The van der Waals surface area contributed by atoms with Crippen LogP contribution in [0, 0.1) is 0 Å². The first kappa shape index (κ1) is 11.3. The van der Waals surface area contributed by atoms with Gasteiger partial charge >= 0.3 is 5.97 Å². The molecule has 0 spiro atoms. The normalized spacial score (nSPS) is 10.5. The molecule has 5 heteroatoms. The standard InChI is InChI=1S/C12H12N2O3/c1-8(2)17-12(15)10-5-3-9(4-6-10)11-14-13-7-16-11/h3-8H,1-2H3. The van der Waals surface area contributed by atoms with Crippen LogP contribution < -0.4 is 0 Å². The van der Waals surface area contributed by atoms with Crippen molar-refractivity contribution in [3.8, 4) is 11.5 Å². The van der Waals surface area contributed by atoms with E-state index in [1.165, 1.54) is 6.39 Å². The van der Waals surface area contributed by atoms with Gasteiger partial charge in [-0.15, -0.1) is 10.2 Å². The van der Waals surface area contributed by atoms with Crippen molar-refractivity contribution < 1.29 is 13.9 Å². The Morgan fingerprint density at radius 1 is 1.29 bits per heavy atom. The highest BCUT2D eigenvalue weighted by Crippen LogP contribution is 2.17. The molecule has 5 nitrogen and oxygen atoms in total. The van der Waals surface area contributed by atoms with Crippen LogP contribution in [0.5, 0.6) is 0 Å². The van der Waals surface area contributed by atoms with Crippen LogP contribution in [-0.2, 0) is 4.74 Å². The Morgan fingerprint density at radius 3 is 2.53 bits per heavy atom. The fourth-order valence-corrected chi connectivity index (χ4v) is 1.33. The highest BCUT2D eigenvalue weighted by Gasteiger charge is 2.10. The van der Waals surface area contributed by atoms with Crippen LogP contribution in [0.3, 0.4) is 0 Å². The van der Waals surface area contributed by atoms with Crippen LogP contribution in [-0.4, -0.2) is 22.3 Å². The van der Waals surface area contributed by atoms with Gasteiger partial charge in [-0.05, 0) is 38.1 Å². The number of carbonyl (C=O) groups is 1. The van der Waals surface area contributed by atoms with E-state index in [0.717, 1.165) is 5.56 Å². The molecule has 0 saturated heterocycles. The summed E-state index contributed by atoms with van der Waals surface area (Å²) in [6.07, 6.45) is 1.13. The monoisotopic (exact) mass is 232 g/mol. The predicted molar refractivity (Wildman–Crippen MR) is 60.3 cm³/mol. The molecule has 1 heterocycles. The number of ether oxygens (including phenoxy) is 1. The lowest BCUT2D eigenvalue weighted by Crippen LogP contribution is -2.11. The zero-order valence-corrected chi connectivity index (χ0v) is 9.58. The Kier molecular flexibility index (Phi) is 3.18. The zero-order valence-electron chi connectivity index (χ0n) is 9.58. The summed E-state index contributed by atoms with van der Waals surface area (Å²) in [5, 5.41) is 7.36. The number of benzene rings is 1. The minimum Gasteiger partial charge on any atom is -0.459 e. The summed E-state index contributed by atoms with van der Waals surface area (Å²) >= 11 is 0. The number of esters is 1.